The van der Waals surface area contributed by atoms with Crippen molar-refractivity contribution in [1.82, 2.24) is 4.98 Å². The zero-order valence-corrected chi connectivity index (χ0v) is 14.0. The molecule has 0 spiro atoms. The topological polar surface area (TPSA) is 16.1 Å². The number of rotatable bonds is 1. The Hall–Kier alpha value is -0.710. The Morgan fingerprint density at radius 1 is 1.25 bits per heavy atom. The van der Waals surface area contributed by atoms with Crippen molar-refractivity contribution in [2.45, 2.75) is 51.9 Å². The molecule has 2 heterocycles. The van der Waals surface area contributed by atoms with Gasteiger partial charge >= 0.3 is 0 Å². The van der Waals surface area contributed by atoms with Crippen molar-refractivity contribution in [2.75, 3.05) is 18.0 Å². The summed E-state index contributed by atoms with van der Waals surface area (Å²) in [5, 5.41) is 0. The van der Waals surface area contributed by atoms with Crippen LogP contribution in [0, 0.1) is 6.92 Å². The highest BCUT2D eigenvalue weighted by atomic mass is 79.9. The minimum absolute atomic E-state index is 0.0209. The third kappa shape index (κ3) is 3.30. The molecule has 0 aromatic carbocycles. The van der Waals surface area contributed by atoms with E-state index >= 15 is 0 Å². The van der Waals surface area contributed by atoms with E-state index in [1.165, 1.54) is 5.56 Å². The fourth-order valence-electron chi connectivity index (χ4n) is 2.59. The Morgan fingerprint density at radius 3 is 2.30 bits per heavy atom. The van der Waals surface area contributed by atoms with Gasteiger partial charge in [0.25, 0.3) is 5.92 Å². The van der Waals surface area contributed by atoms with Crippen LogP contribution in [0.25, 0.3) is 0 Å². The number of alkyl halides is 2. The van der Waals surface area contributed by atoms with Gasteiger partial charge in [0.15, 0.2) is 0 Å². The summed E-state index contributed by atoms with van der Waals surface area (Å²) in [5.74, 6) is -1.74. The van der Waals surface area contributed by atoms with E-state index in [0.717, 1.165) is 16.0 Å². The van der Waals surface area contributed by atoms with Crippen LogP contribution in [-0.2, 0) is 5.41 Å². The quantitative estimate of drug-likeness (QED) is 0.733. The lowest BCUT2D eigenvalue weighted by Crippen LogP contribution is -2.40. The number of anilines is 1. The molecule has 1 fully saturated rings. The molecular weight excluding hydrogens is 326 g/mol. The van der Waals surface area contributed by atoms with Gasteiger partial charge in [-0.2, -0.15) is 0 Å². The number of aromatic nitrogens is 1. The van der Waals surface area contributed by atoms with Gasteiger partial charge in [0.05, 0.1) is 4.47 Å². The van der Waals surface area contributed by atoms with Gasteiger partial charge in [0, 0.05) is 31.6 Å². The molecule has 1 aromatic heterocycles. The first kappa shape index (κ1) is 15.7. The second-order valence-electron chi connectivity index (χ2n) is 6.52. The van der Waals surface area contributed by atoms with Crippen molar-refractivity contribution in [3.8, 4) is 0 Å². The fraction of sp³-hybridized carbons (Fsp3) is 0.667. The number of aryl methyl sites for hydroxylation is 1. The van der Waals surface area contributed by atoms with Crippen LogP contribution in [0.2, 0.25) is 0 Å². The summed E-state index contributed by atoms with van der Waals surface area (Å²) in [7, 11) is 0. The molecule has 1 saturated heterocycles. The van der Waals surface area contributed by atoms with Gasteiger partial charge in [-0.1, -0.05) is 20.8 Å². The lowest BCUT2D eigenvalue weighted by atomic mass is 9.86. The molecule has 0 amide bonds. The summed E-state index contributed by atoms with van der Waals surface area (Å²) < 4.78 is 27.4. The van der Waals surface area contributed by atoms with Gasteiger partial charge in [-0.3, -0.25) is 0 Å². The molecule has 0 saturated carbocycles. The molecule has 112 valence electrons. The largest absolute Gasteiger partial charge is 0.355 e. The molecule has 0 aliphatic carbocycles. The van der Waals surface area contributed by atoms with E-state index in [1.807, 2.05) is 11.8 Å². The van der Waals surface area contributed by atoms with E-state index in [4.69, 9.17) is 0 Å². The maximum atomic E-state index is 13.2. The monoisotopic (exact) mass is 346 g/mol. The number of pyridine rings is 1. The van der Waals surface area contributed by atoms with Crippen molar-refractivity contribution >= 4 is 21.7 Å². The maximum Gasteiger partial charge on any atom is 0.251 e. The summed E-state index contributed by atoms with van der Waals surface area (Å²) in [6, 6.07) is 2.07. The molecule has 0 atom stereocenters. The molecule has 2 nitrogen and oxygen atoms in total. The van der Waals surface area contributed by atoms with Crippen LogP contribution in [-0.4, -0.2) is 24.0 Å². The molecule has 2 rings (SSSR count). The maximum absolute atomic E-state index is 13.2. The molecule has 0 radical (unpaired) electrons. The fourth-order valence-corrected chi connectivity index (χ4v) is 3.16. The molecular formula is C15H21BrF2N2. The molecule has 5 heteroatoms. The number of halogens is 3. The molecule has 20 heavy (non-hydrogen) atoms. The van der Waals surface area contributed by atoms with Gasteiger partial charge in [-0.05, 0) is 39.9 Å². The summed E-state index contributed by atoms with van der Waals surface area (Å²) in [5.41, 5.74) is 2.16. The Kier molecular flexibility index (Phi) is 4.11. The lowest BCUT2D eigenvalue weighted by Gasteiger charge is -2.34. The Bertz CT molecular complexity index is 499. The molecule has 1 aliphatic rings. The smallest absolute Gasteiger partial charge is 0.251 e. The van der Waals surface area contributed by atoms with Gasteiger partial charge in [-0.25, -0.2) is 13.8 Å². The predicted octanol–water partition coefficient (Wildman–Crippen LogP) is 4.69. The number of hydrogen-bond donors (Lipinski definition) is 0. The highest BCUT2D eigenvalue weighted by Gasteiger charge is 2.35. The van der Waals surface area contributed by atoms with Crippen LogP contribution >= 0.6 is 15.9 Å². The van der Waals surface area contributed by atoms with Crippen LogP contribution < -0.4 is 4.90 Å². The summed E-state index contributed by atoms with van der Waals surface area (Å²) in [6.45, 7) is 9.12. The SMILES string of the molecule is Cc1nc(N2CCC(F)(F)CC2)c(Br)cc1C(C)(C)C. The van der Waals surface area contributed by atoms with Crippen LogP contribution in [0.4, 0.5) is 14.6 Å². The van der Waals surface area contributed by atoms with Crippen LogP contribution in [0.15, 0.2) is 10.5 Å². The summed E-state index contributed by atoms with van der Waals surface area (Å²) in [4.78, 5) is 6.59. The molecule has 1 aromatic rings. The molecule has 0 unspecified atom stereocenters. The second-order valence-corrected chi connectivity index (χ2v) is 7.37. The zero-order valence-electron chi connectivity index (χ0n) is 12.4. The van der Waals surface area contributed by atoms with Crippen LogP contribution in [0.1, 0.15) is 44.9 Å². The Morgan fingerprint density at radius 2 is 1.80 bits per heavy atom. The average Bonchev–Trinajstić information content (AvgIpc) is 2.30. The van der Waals surface area contributed by atoms with E-state index in [2.05, 4.69) is 47.8 Å². The van der Waals surface area contributed by atoms with E-state index in [0.29, 0.717) is 13.1 Å². The summed E-state index contributed by atoms with van der Waals surface area (Å²) in [6.07, 6.45) is -0.192. The van der Waals surface area contributed by atoms with Gasteiger partial charge in [-0.15, -0.1) is 0 Å². The highest BCUT2D eigenvalue weighted by molar-refractivity contribution is 9.10. The lowest BCUT2D eigenvalue weighted by molar-refractivity contribution is -0.0221. The average molecular weight is 347 g/mol. The van der Waals surface area contributed by atoms with Gasteiger partial charge in [0.2, 0.25) is 0 Å². The first-order valence-electron chi connectivity index (χ1n) is 6.90. The van der Waals surface area contributed by atoms with E-state index in [1.54, 1.807) is 0 Å². The number of hydrogen-bond acceptors (Lipinski definition) is 2. The third-order valence-corrected chi connectivity index (χ3v) is 4.33. The molecule has 1 aliphatic heterocycles. The number of piperidine rings is 1. The number of nitrogens with zero attached hydrogens (tertiary/aromatic N) is 2. The van der Waals surface area contributed by atoms with Crippen LogP contribution in [0.5, 0.6) is 0 Å². The van der Waals surface area contributed by atoms with E-state index in [-0.39, 0.29) is 18.3 Å². The van der Waals surface area contributed by atoms with Crippen molar-refractivity contribution in [2.24, 2.45) is 0 Å². The van der Waals surface area contributed by atoms with Crippen molar-refractivity contribution in [3.63, 3.8) is 0 Å². The first-order chi connectivity index (χ1) is 9.10. The van der Waals surface area contributed by atoms with Gasteiger partial charge in [0.1, 0.15) is 5.82 Å². The van der Waals surface area contributed by atoms with Crippen molar-refractivity contribution < 1.29 is 8.78 Å². The minimum Gasteiger partial charge on any atom is -0.355 e. The molecule has 0 bridgehead atoms. The zero-order chi connectivity index (χ0) is 15.1. The van der Waals surface area contributed by atoms with Gasteiger partial charge < -0.3 is 4.90 Å². The standard InChI is InChI=1S/C15H21BrF2N2/c1-10-11(14(2,3)4)9-12(16)13(19-10)20-7-5-15(17,18)6-8-20/h9H,5-8H2,1-4H3. The third-order valence-electron chi connectivity index (χ3n) is 3.75. The Labute approximate surface area is 127 Å². The molecule has 0 N–H and O–H groups in total. The van der Waals surface area contributed by atoms with E-state index < -0.39 is 5.92 Å². The minimum atomic E-state index is -2.52. The second kappa shape index (κ2) is 5.24. The van der Waals surface area contributed by atoms with Crippen LogP contribution in [0.3, 0.4) is 0 Å². The highest BCUT2D eigenvalue weighted by Crippen LogP contribution is 2.36. The van der Waals surface area contributed by atoms with Crippen molar-refractivity contribution in [3.05, 3.63) is 21.8 Å². The summed E-state index contributed by atoms with van der Waals surface area (Å²) >= 11 is 3.55. The van der Waals surface area contributed by atoms with Crippen molar-refractivity contribution in [1.29, 1.82) is 0 Å². The van der Waals surface area contributed by atoms with E-state index in [9.17, 15) is 8.78 Å². The Balaban J connectivity index is 2.29. The normalized spacial score (nSPS) is 19.2. The first-order valence-corrected chi connectivity index (χ1v) is 7.70. The predicted molar refractivity (Wildman–Crippen MR) is 81.8 cm³/mol.